The summed E-state index contributed by atoms with van der Waals surface area (Å²) >= 11 is 3.53. The number of anilines is 1. The van der Waals surface area contributed by atoms with Crippen molar-refractivity contribution in [1.82, 2.24) is 28.8 Å². The largest absolute Gasteiger partial charge is 0.481 e. The van der Waals surface area contributed by atoms with Crippen molar-refractivity contribution in [3.8, 4) is 17.1 Å². The normalized spacial score (nSPS) is 17.8. The molecule has 0 bridgehead atoms. The number of carbonyl (C=O) groups excluding carboxylic acids is 1. The van der Waals surface area contributed by atoms with Gasteiger partial charge in [-0.1, -0.05) is 28.1 Å². The number of benzene rings is 1. The van der Waals surface area contributed by atoms with Crippen LogP contribution in [0.4, 0.5) is 5.82 Å². The second-order valence-corrected chi connectivity index (χ2v) is 12.2. The predicted molar refractivity (Wildman–Crippen MR) is 167 cm³/mol. The van der Waals surface area contributed by atoms with Crippen LogP contribution < -0.4 is 15.7 Å². The second kappa shape index (κ2) is 12.0. The number of piperidine rings is 1. The topological polar surface area (TPSA) is 99.2 Å². The van der Waals surface area contributed by atoms with E-state index in [2.05, 4.69) is 47.9 Å². The number of carbonyl (C=O) groups is 1. The van der Waals surface area contributed by atoms with Crippen LogP contribution in [0.15, 0.2) is 45.7 Å². The summed E-state index contributed by atoms with van der Waals surface area (Å²) in [6.45, 7) is 8.55. The van der Waals surface area contributed by atoms with Crippen LogP contribution in [0.5, 0.6) is 5.88 Å². The summed E-state index contributed by atoms with van der Waals surface area (Å²) in [6, 6.07) is 12.1. The van der Waals surface area contributed by atoms with E-state index in [1.54, 1.807) is 18.6 Å². The van der Waals surface area contributed by atoms with Gasteiger partial charge in [-0.05, 0) is 64.3 Å². The zero-order valence-electron chi connectivity index (χ0n) is 24.5. The minimum atomic E-state index is -0.0270. The number of nitrogens with zero attached hydrogens (tertiary/aromatic N) is 6. The summed E-state index contributed by atoms with van der Waals surface area (Å²) < 4.78 is 12.2. The molecule has 1 aromatic carbocycles. The highest BCUT2D eigenvalue weighted by molar-refractivity contribution is 9.10. The Morgan fingerprint density at radius 2 is 1.88 bits per heavy atom. The maximum atomic E-state index is 13.3. The van der Waals surface area contributed by atoms with Crippen LogP contribution in [-0.2, 0) is 24.3 Å². The third kappa shape index (κ3) is 5.40. The summed E-state index contributed by atoms with van der Waals surface area (Å²) in [4.78, 5) is 32.6. The highest BCUT2D eigenvalue weighted by Crippen LogP contribution is 2.35. The molecule has 2 aliphatic rings. The molecule has 0 aliphatic carbocycles. The average Bonchev–Trinajstić information content (AvgIpc) is 3.51. The molecule has 4 aromatic rings. The molecule has 1 atom stereocenters. The van der Waals surface area contributed by atoms with Gasteiger partial charge in [0.25, 0.3) is 0 Å². The molecular formula is C31H38BrN7O3. The van der Waals surface area contributed by atoms with Crippen LogP contribution in [0, 0.1) is 5.92 Å². The van der Waals surface area contributed by atoms with Crippen LogP contribution in [0.1, 0.15) is 44.7 Å². The van der Waals surface area contributed by atoms with E-state index >= 15 is 0 Å². The van der Waals surface area contributed by atoms with Gasteiger partial charge in [-0.2, -0.15) is 10.1 Å². The van der Waals surface area contributed by atoms with Gasteiger partial charge in [0.05, 0.1) is 18.3 Å². The molecule has 2 aliphatic heterocycles. The van der Waals surface area contributed by atoms with E-state index in [0.29, 0.717) is 31.0 Å². The van der Waals surface area contributed by atoms with Gasteiger partial charge in [-0.15, -0.1) is 0 Å². The smallest absolute Gasteiger partial charge is 0.330 e. The van der Waals surface area contributed by atoms with Crippen LogP contribution in [0.3, 0.4) is 0 Å². The van der Waals surface area contributed by atoms with Crippen molar-refractivity contribution >= 4 is 38.7 Å². The van der Waals surface area contributed by atoms with Crippen molar-refractivity contribution in [3.05, 3.63) is 56.9 Å². The Kier molecular flexibility index (Phi) is 8.22. The lowest BCUT2D eigenvalue weighted by molar-refractivity contribution is -0.120. The molecule has 10 nitrogen and oxygen atoms in total. The molecule has 222 valence electrons. The van der Waals surface area contributed by atoms with E-state index in [4.69, 9.17) is 9.84 Å². The van der Waals surface area contributed by atoms with Gasteiger partial charge in [0.15, 0.2) is 5.65 Å². The fourth-order valence-corrected chi connectivity index (χ4v) is 6.71. The minimum Gasteiger partial charge on any atom is -0.481 e. The minimum absolute atomic E-state index is 0.0104. The Morgan fingerprint density at radius 3 is 2.57 bits per heavy atom. The third-order valence-electron chi connectivity index (χ3n) is 8.79. The standard InChI is InChI=1S/C31H38BrN7O3/c1-4-37-26-10-11-27(42-3)34-30(26)39(31(37)41)24-12-16-36(17-13-24)14-5-15-38-29-25(18-22(19-33-29)20(2)40)28(35-38)21-6-8-23(32)9-7-21/h6-11,22,24,33H,4-5,12-19H2,1-3H3. The summed E-state index contributed by atoms with van der Waals surface area (Å²) in [5, 5.41) is 8.55. The zero-order valence-corrected chi connectivity index (χ0v) is 26.1. The first-order chi connectivity index (χ1) is 20.4. The maximum Gasteiger partial charge on any atom is 0.330 e. The molecule has 0 spiro atoms. The number of likely N-dealkylation sites (tertiary alicyclic amines) is 1. The van der Waals surface area contributed by atoms with Gasteiger partial charge in [-0.3, -0.25) is 13.9 Å². The van der Waals surface area contributed by atoms with E-state index < -0.39 is 0 Å². The molecule has 6 rings (SSSR count). The van der Waals surface area contributed by atoms with Crippen LogP contribution >= 0.6 is 15.9 Å². The van der Waals surface area contributed by atoms with Gasteiger partial charge in [0.1, 0.15) is 11.6 Å². The number of rotatable bonds is 9. The maximum absolute atomic E-state index is 13.3. The van der Waals surface area contributed by atoms with Crippen molar-refractivity contribution in [1.29, 1.82) is 0 Å². The zero-order chi connectivity index (χ0) is 29.4. The number of Topliss-reactive ketones (excluding diaryl/α,β-unsaturated/α-hetero) is 1. The Balaban J connectivity index is 1.13. The second-order valence-electron chi connectivity index (χ2n) is 11.3. The quantitative estimate of drug-likeness (QED) is 0.283. The van der Waals surface area contributed by atoms with Gasteiger partial charge < -0.3 is 15.0 Å². The Labute approximate surface area is 253 Å². The molecule has 3 aromatic heterocycles. The van der Waals surface area contributed by atoms with Gasteiger partial charge in [0, 0.05) is 66.3 Å². The van der Waals surface area contributed by atoms with Crippen LogP contribution in [0.25, 0.3) is 22.4 Å². The highest BCUT2D eigenvalue weighted by Gasteiger charge is 2.29. The molecule has 42 heavy (non-hydrogen) atoms. The van der Waals surface area contributed by atoms with Crippen molar-refractivity contribution in [2.45, 2.75) is 58.7 Å². The van der Waals surface area contributed by atoms with E-state index in [1.807, 2.05) is 35.8 Å². The fraction of sp³-hybridized carbons (Fsp3) is 0.484. The number of fused-ring (bicyclic) bond motifs is 2. The number of ketones is 1. The van der Waals surface area contributed by atoms with Crippen molar-refractivity contribution in [3.63, 3.8) is 0 Å². The fourth-order valence-electron chi connectivity index (χ4n) is 6.45. The molecule has 0 amide bonds. The Hall–Kier alpha value is -3.44. The number of hydrogen-bond acceptors (Lipinski definition) is 7. The van der Waals surface area contributed by atoms with Gasteiger partial charge in [-0.25, -0.2) is 9.48 Å². The highest BCUT2D eigenvalue weighted by atomic mass is 79.9. The predicted octanol–water partition coefficient (Wildman–Crippen LogP) is 4.75. The number of hydrogen-bond donors (Lipinski definition) is 1. The molecule has 1 fully saturated rings. The summed E-state index contributed by atoms with van der Waals surface area (Å²) in [5.74, 6) is 1.75. The number of halogens is 1. The van der Waals surface area contributed by atoms with Crippen molar-refractivity contribution in [2.24, 2.45) is 5.92 Å². The van der Waals surface area contributed by atoms with Crippen LogP contribution in [-0.4, -0.2) is 67.9 Å². The number of methoxy groups -OCH3 is 1. The summed E-state index contributed by atoms with van der Waals surface area (Å²) in [6.07, 6.45) is 3.48. The summed E-state index contributed by atoms with van der Waals surface area (Å²) in [5.41, 5.74) is 4.73. The van der Waals surface area contributed by atoms with Crippen molar-refractivity contribution < 1.29 is 9.53 Å². The molecule has 5 heterocycles. The molecule has 11 heteroatoms. The molecule has 1 unspecified atom stereocenters. The number of aromatic nitrogens is 5. The SMILES string of the molecule is CCn1c(=O)n(C2CCN(CCCn3nc(-c4ccc(Br)cc4)c4c3NCC(C(C)=O)C4)CC2)c2nc(OC)ccc21. The van der Waals surface area contributed by atoms with E-state index in [9.17, 15) is 9.59 Å². The summed E-state index contributed by atoms with van der Waals surface area (Å²) in [7, 11) is 1.60. The number of imidazole rings is 1. The molecule has 1 N–H and O–H groups in total. The number of nitrogens with one attached hydrogen (secondary N) is 1. The number of aryl methyl sites for hydroxylation is 2. The lowest BCUT2D eigenvalue weighted by Gasteiger charge is -2.32. The first kappa shape index (κ1) is 28.7. The van der Waals surface area contributed by atoms with Crippen molar-refractivity contribution in [2.75, 3.05) is 38.6 Å². The lowest BCUT2D eigenvalue weighted by atomic mass is 9.91. The van der Waals surface area contributed by atoms with Gasteiger partial charge >= 0.3 is 5.69 Å². The molecular weight excluding hydrogens is 598 g/mol. The average molecular weight is 637 g/mol. The first-order valence-corrected chi connectivity index (χ1v) is 15.6. The van der Waals surface area contributed by atoms with E-state index in [0.717, 1.165) is 78.1 Å². The molecule has 0 radical (unpaired) electrons. The number of pyridine rings is 1. The first-order valence-electron chi connectivity index (χ1n) is 14.9. The molecule has 0 saturated carbocycles. The number of ether oxygens (including phenoxy) is 1. The van der Waals surface area contributed by atoms with E-state index in [1.165, 1.54) is 0 Å². The lowest BCUT2D eigenvalue weighted by Crippen LogP contribution is -2.38. The molecule has 1 saturated heterocycles. The Bertz CT molecular complexity index is 1650. The van der Waals surface area contributed by atoms with E-state index in [-0.39, 0.29) is 23.4 Å². The van der Waals surface area contributed by atoms with Crippen LogP contribution in [0.2, 0.25) is 0 Å². The Morgan fingerprint density at radius 1 is 1.12 bits per heavy atom. The van der Waals surface area contributed by atoms with Gasteiger partial charge in [0.2, 0.25) is 5.88 Å². The third-order valence-corrected chi connectivity index (χ3v) is 9.32. The monoisotopic (exact) mass is 635 g/mol.